The lowest BCUT2D eigenvalue weighted by atomic mass is 9.98. The summed E-state index contributed by atoms with van der Waals surface area (Å²) in [6, 6.07) is 21.3. The van der Waals surface area contributed by atoms with Gasteiger partial charge in [-0.2, -0.15) is 0 Å². The molecule has 8 heteroatoms. The molecule has 0 bridgehead atoms. The molecule has 0 amide bonds. The summed E-state index contributed by atoms with van der Waals surface area (Å²) in [5.41, 5.74) is 10.6. The molecule has 0 aliphatic carbocycles. The number of aromatic nitrogens is 3. The molecule has 3 aromatic carbocycles. The number of sulfonamides is 1. The number of nitrogens with zero attached hydrogens (tertiary/aromatic N) is 2. The molecule has 0 saturated heterocycles. The fraction of sp³-hybridized carbons (Fsp3) is 0.378. The standard InChI is InChI=1S/C37H47N5O2S/c1-5-6-20-42-21-19-39-36(42)26-30-12-15-35-34(25-30)33(37(40-35)31-23-27(2)22-28(3)24-31)16-18-38-17-8-7-9-29-10-13-32(14-11-29)41-45(4,43)44/h10-15,19,21-25,38,40-41H,5-9,16-18,20,26H2,1-4H3. The van der Waals surface area contributed by atoms with Crippen molar-refractivity contribution in [1.29, 1.82) is 0 Å². The second-order valence-electron chi connectivity index (χ2n) is 12.3. The van der Waals surface area contributed by atoms with Crippen LogP contribution in [0.5, 0.6) is 0 Å². The first-order valence-electron chi connectivity index (χ1n) is 16.2. The molecule has 2 aromatic heterocycles. The van der Waals surface area contributed by atoms with Crippen molar-refractivity contribution >= 4 is 26.6 Å². The number of imidazole rings is 1. The predicted octanol–water partition coefficient (Wildman–Crippen LogP) is 7.57. The molecule has 7 nitrogen and oxygen atoms in total. The topological polar surface area (TPSA) is 91.8 Å². The van der Waals surface area contributed by atoms with Gasteiger partial charge in [0.15, 0.2) is 0 Å². The Hall–Kier alpha value is -3.88. The van der Waals surface area contributed by atoms with Gasteiger partial charge in [-0.05, 0) is 118 Å². The van der Waals surface area contributed by atoms with E-state index in [-0.39, 0.29) is 0 Å². The molecule has 3 N–H and O–H groups in total. The molecule has 5 rings (SSSR count). The van der Waals surface area contributed by atoms with Gasteiger partial charge >= 0.3 is 0 Å². The third-order valence-electron chi connectivity index (χ3n) is 8.28. The largest absolute Gasteiger partial charge is 0.354 e. The van der Waals surface area contributed by atoms with Gasteiger partial charge in [0.25, 0.3) is 0 Å². The minimum atomic E-state index is -3.25. The van der Waals surface area contributed by atoms with Gasteiger partial charge in [0.05, 0.1) is 6.26 Å². The Bertz CT molecular complexity index is 1800. The van der Waals surface area contributed by atoms with E-state index in [1.165, 1.54) is 62.7 Å². The van der Waals surface area contributed by atoms with Crippen molar-refractivity contribution in [2.45, 2.75) is 72.3 Å². The summed E-state index contributed by atoms with van der Waals surface area (Å²) < 4.78 is 27.7. The van der Waals surface area contributed by atoms with Gasteiger partial charge < -0.3 is 14.9 Å². The van der Waals surface area contributed by atoms with Crippen LogP contribution in [0.2, 0.25) is 0 Å². The number of H-pyrrole nitrogens is 1. The molecular weight excluding hydrogens is 579 g/mol. The van der Waals surface area contributed by atoms with Crippen LogP contribution in [-0.2, 0) is 35.8 Å². The highest BCUT2D eigenvalue weighted by atomic mass is 32.2. The van der Waals surface area contributed by atoms with Crippen molar-refractivity contribution in [2.24, 2.45) is 0 Å². The average Bonchev–Trinajstić information content (AvgIpc) is 3.59. The Morgan fingerprint density at radius 2 is 1.62 bits per heavy atom. The number of benzene rings is 3. The number of hydrogen-bond donors (Lipinski definition) is 3. The second-order valence-corrected chi connectivity index (χ2v) is 14.1. The quantitative estimate of drug-likeness (QED) is 0.0987. The third-order valence-corrected chi connectivity index (χ3v) is 8.88. The molecule has 0 spiro atoms. The maximum absolute atomic E-state index is 11.4. The first-order chi connectivity index (χ1) is 21.7. The van der Waals surface area contributed by atoms with E-state index in [9.17, 15) is 8.42 Å². The number of aryl methyl sites for hydroxylation is 4. The van der Waals surface area contributed by atoms with E-state index in [0.717, 1.165) is 64.0 Å². The highest BCUT2D eigenvalue weighted by Gasteiger charge is 2.15. The van der Waals surface area contributed by atoms with E-state index in [0.29, 0.717) is 5.69 Å². The van der Waals surface area contributed by atoms with E-state index in [2.05, 4.69) is 87.9 Å². The molecule has 5 aromatic rings. The van der Waals surface area contributed by atoms with Crippen LogP contribution in [0.3, 0.4) is 0 Å². The van der Waals surface area contributed by atoms with Crippen molar-refractivity contribution in [1.82, 2.24) is 19.9 Å². The Morgan fingerprint density at radius 3 is 2.36 bits per heavy atom. The second kappa shape index (κ2) is 14.9. The minimum Gasteiger partial charge on any atom is -0.354 e. The number of hydrogen-bond acceptors (Lipinski definition) is 4. The van der Waals surface area contributed by atoms with Gasteiger partial charge in [-0.1, -0.05) is 48.7 Å². The lowest BCUT2D eigenvalue weighted by molar-refractivity contribution is 0.607. The summed E-state index contributed by atoms with van der Waals surface area (Å²) in [6.07, 6.45) is 12.4. The molecule has 45 heavy (non-hydrogen) atoms. The first kappa shape index (κ1) is 32.5. The summed E-state index contributed by atoms with van der Waals surface area (Å²) in [4.78, 5) is 8.45. The third kappa shape index (κ3) is 9.08. The Balaban J connectivity index is 1.24. The van der Waals surface area contributed by atoms with Crippen LogP contribution in [0, 0.1) is 13.8 Å². The Labute approximate surface area is 268 Å². The molecule has 238 valence electrons. The van der Waals surface area contributed by atoms with Crippen LogP contribution in [-0.4, -0.2) is 42.3 Å². The lowest BCUT2D eigenvalue weighted by Crippen LogP contribution is -2.18. The molecule has 0 fully saturated rings. The van der Waals surface area contributed by atoms with E-state index in [4.69, 9.17) is 0 Å². The monoisotopic (exact) mass is 625 g/mol. The summed E-state index contributed by atoms with van der Waals surface area (Å²) in [5.74, 6) is 1.12. The van der Waals surface area contributed by atoms with E-state index < -0.39 is 10.0 Å². The first-order valence-corrected chi connectivity index (χ1v) is 18.1. The van der Waals surface area contributed by atoms with E-state index in [1.54, 1.807) is 0 Å². The molecule has 2 heterocycles. The van der Waals surface area contributed by atoms with Crippen molar-refractivity contribution in [2.75, 3.05) is 24.1 Å². The van der Waals surface area contributed by atoms with Crippen LogP contribution in [0.1, 0.15) is 66.2 Å². The molecule has 0 atom stereocenters. The molecular formula is C37H47N5O2S. The van der Waals surface area contributed by atoms with Crippen molar-refractivity contribution < 1.29 is 8.42 Å². The van der Waals surface area contributed by atoms with Crippen molar-refractivity contribution in [3.8, 4) is 11.3 Å². The van der Waals surface area contributed by atoms with E-state index in [1.807, 2.05) is 30.5 Å². The zero-order chi connectivity index (χ0) is 31.8. The summed E-state index contributed by atoms with van der Waals surface area (Å²) in [6.45, 7) is 9.44. The number of anilines is 1. The zero-order valence-electron chi connectivity index (χ0n) is 27.1. The molecule has 0 aliphatic rings. The van der Waals surface area contributed by atoms with Gasteiger partial charge in [-0.3, -0.25) is 4.72 Å². The van der Waals surface area contributed by atoms with Gasteiger partial charge in [0.1, 0.15) is 5.82 Å². The fourth-order valence-corrected chi connectivity index (χ4v) is 6.69. The lowest BCUT2D eigenvalue weighted by Gasteiger charge is -2.10. The van der Waals surface area contributed by atoms with Crippen LogP contribution >= 0.6 is 0 Å². The van der Waals surface area contributed by atoms with Gasteiger partial charge in [0.2, 0.25) is 10.0 Å². The summed E-state index contributed by atoms with van der Waals surface area (Å²) in [5, 5.41) is 4.98. The fourth-order valence-electron chi connectivity index (χ4n) is 6.12. The van der Waals surface area contributed by atoms with Gasteiger partial charge in [-0.25, -0.2) is 13.4 Å². The normalized spacial score (nSPS) is 11.8. The average molecular weight is 626 g/mol. The maximum atomic E-state index is 11.4. The number of unbranched alkanes of at least 4 members (excludes halogenated alkanes) is 2. The Morgan fingerprint density at radius 1 is 0.867 bits per heavy atom. The van der Waals surface area contributed by atoms with Crippen molar-refractivity contribution in [3.05, 3.63) is 107 Å². The summed E-state index contributed by atoms with van der Waals surface area (Å²) in [7, 11) is -3.25. The molecule has 0 unspecified atom stereocenters. The van der Waals surface area contributed by atoms with Crippen LogP contribution in [0.4, 0.5) is 5.69 Å². The summed E-state index contributed by atoms with van der Waals surface area (Å²) >= 11 is 0. The zero-order valence-corrected chi connectivity index (χ0v) is 27.9. The van der Waals surface area contributed by atoms with Gasteiger partial charge in [0, 0.05) is 47.6 Å². The number of aromatic amines is 1. The van der Waals surface area contributed by atoms with Crippen molar-refractivity contribution in [3.63, 3.8) is 0 Å². The molecule has 0 saturated carbocycles. The number of fused-ring (bicyclic) bond motifs is 1. The Kier molecular flexibility index (Phi) is 10.8. The van der Waals surface area contributed by atoms with E-state index >= 15 is 0 Å². The predicted molar refractivity (Wildman–Crippen MR) is 188 cm³/mol. The highest BCUT2D eigenvalue weighted by Crippen LogP contribution is 2.33. The molecule has 0 aliphatic heterocycles. The van der Waals surface area contributed by atoms with Gasteiger partial charge in [-0.15, -0.1) is 0 Å². The number of rotatable bonds is 16. The van der Waals surface area contributed by atoms with Crippen LogP contribution < -0.4 is 10.0 Å². The number of nitrogens with one attached hydrogen (secondary N) is 3. The minimum absolute atomic E-state index is 0.603. The van der Waals surface area contributed by atoms with Crippen LogP contribution in [0.15, 0.2) is 73.1 Å². The smallest absolute Gasteiger partial charge is 0.229 e. The van der Waals surface area contributed by atoms with Crippen LogP contribution in [0.25, 0.3) is 22.2 Å². The highest BCUT2D eigenvalue weighted by molar-refractivity contribution is 7.92. The maximum Gasteiger partial charge on any atom is 0.229 e. The SMILES string of the molecule is CCCCn1ccnc1Cc1ccc2[nH]c(-c3cc(C)cc(C)c3)c(CCNCCCCc3ccc(NS(C)(=O)=O)cc3)c2c1. The molecule has 0 radical (unpaired) electrons.